The minimum atomic E-state index is -4.65. The van der Waals surface area contributed by atoms with E-state index in [2.05, 4.69) is 5.10 Å². The largest absolute Gasteiger partial charge is 0.497 e. The molecule has 0 fully saturated rings. The zero-order valence-corrected chi connectivity index (χ0v) is 16.9. The summed E-state index contributed by atoms with van der Waals surface area (Å²) in [5.41, 5.74) is -0.0924. The number of fused-ring (bicyclic) bond motifs is 1. The molecule has 1 heterocycles. The first-order valence-electron chi connectivity index (χ1n) is 8.95. The fourth-order valence-corrected chi connectivity index (χ4v) is 3.72. The average Bonchev–Trinajstić information content (AvgIpc) is 3.18. The Morgan fingerprint density at radius 3 is 2.19 bits per heavy atom. The van der Waals surface area contributed by atoms with Crippen molar-refractivity contribution >= 4 is 20.8 Å². The van der Waals surface area contributed by atoms with Gasteiger partial charge in [-0.2, -0.15) is 18.3 Å². The van der Waals surface area contributed by atoms with E-state index in [1.807, 2.05) is 12.1 Å². The van der Waals surface area contributed by atoms with Crippen LogP contribution in [0.25, 0.3) is 27.7 Å². The maximum absolute atomic E-state index is 13.4. The molecule has 0 bridgehead atoms. The molecule has 0 aliphatic heterocycles. The van der Waals surface area contributed by atoms with Crippen LogP contribution in [-0.2, 0) is 16.2 Å². The van der Waals surface area contributed by atoms with Crippen LogP contribution in [0.4, 0.5) is 13.2 Å². The van der Waals surface area contributed by atoms with Gasteiger partial charge >= 0.3 is 6.18 Å². The zero-order valence-electron chi connectivity index (χ0n) is 16.1. The Labute approximate surface area is 175 Å². The van der Waals surface area contributed by atoms with Gasteiger partial charge in [0.15, 0.2) is 5.69 Å². The summed E-state index contributed by atoms with van der Waals surface area (Å²) in [6, 6.07) is 16.7. The Bertz CT molecular complexity index is 1380. The number of nitrogens with zero attached hydrogens (tertiary/aromatic N) is 2. The highest BCUT2D eigenvalue weighted by Crippen LogP contribution is 2.34. The van der Waals surface area contributed by atoms with Gasteiger partial charge in [0.1, 0.15) is 5.75 Å². The summed E-state index contributed by atoms with van der Waals surface area (Å²) in [5.74, 6) is 0.666. The topological polar surface area (TPSA) is 87.2 Å². The van der Waals surface area contributed by atoms with Crippen molar-refractivity contribution in [3.05, 3.63) is 72.4 Å². The molecule has 4 aromatic rings. The van der Waals surface area contributed by atoms with Crippen molar-refractivity contribution in [3.8, 4) is 22.7 Å². The van der Waals surface area contributed by atoms with E-state index in [0.717, 1.165) is 21.5 Å². The Balaban J connectivity index is 1.87. The average molecular weight is 447 g/mol. The van der Waals surface area contributed by atoms with Crippen molar-refractivity contribution in [3.63, 3.8) is 0 Å². The summed E-state index contributed by atoms with van der Waals surface area (Å²) in [5, 5.41) is 10.5. The van der Waals surface area contributed by atoms with Crippen LogP contribution in [0.2, 0.25) is 0 Å². The molecular formula is C21H16F3N3O3S. The summed E-state index contributed by atoms with van der Waals surface area (Å²) in [6.07, 6.45) is -4.65. The first kappa shape index (κ1) is 20.9. The van der Waals surface area contributed by atoms with E-state index in [0.29, 0.717) is 11.3 Å². The highest BCUT2D eigenvalue weighted by Gasteiger charge is 2.35. The van der Waals surface area contributed by atoms with Crippen molar-refractivity contribution in [2.45, 2.75) is 11.1 Å². The summed E-state index contributed by atoms with van der Waals surface area (Å²) >= 11 is 0. The molecule has 0 saturated heterocycles. The van der Waals surface area contributed by atoms with Crippen molar-refractivity contribution in [2.75, 3.05) is 7.11 Å². The van der Waals surface area contributed by atoms with Gasteiger partial charge in [-0.15, -0.1) is 0 Å². The fraction of sp³-hybridized carbons (Fsp3) is 0.0952. The molecule has 1 aromatic heterocycles. The summed E-state index contributed by atoms with van der Waals surface area (Å²) in [4.78, 5) is -0.152. The normalized spacial score (nSPS) is 12.3. The number of ether oxygens (including phenoxy) is 1. The van der Waals surface area contributed by atoms with Gasteiger partial charge in [-0.25, -0.2) is 18.2 Å². The van der Waals surface area contributed by atoms with Gasteiger partial charge in [0.2, 0.25) is 10.0 Å². The SMILES string of the molecule is COc1ccc2cc(-c3cc(C(F)(F)F)nn3-c3ccc(S(N)(=O)=O)cc3)ccc2c1. The number of sulfonamides is 1. The van der Waals surface area contributed by atoms with Gasteiger partial charge in [0.05, 0.1) is 23.4 Å². The van der Waals surface area contributed by atoms with Gasteiger partial charge < -0.3 is 4.74 Å². The molecule has 160 valence electrons. The second kappa shape index (κ2) is 7.40. The molecule has 10 heteroatoms. The zero-order chi connectivity index (χ0) is 22.4. The quantitative estimate of drug-likeness (QED) is 0.503. The van der Waals surface area contributed by atoms with Crippen LogP contribution in [0.5, 0.6) is 5.75 Å². The van der Waals surface area contributed by atoms with Crippen LogP contribution in [0.1, 0.15) is 5.69 Å². The highest BCUT2D eigenvalue weighted by molar-refractivity contribution is 7.89. The molecule has 3 aromatic carbocycles. The number of rotatable bonds is 4. The predicted octanol–water partition coefficient (Wildman–Crippen LogP) is 4.37. The molecule has 0 atom stereocenters. The fourth-order valence-electron chi connectivity index (χ4n) is 3.21. The number of aromatic nitrogens is 2. The number of hydrogen-bond acceptors (Lipinski definition) is 4. The molecule has 0 spiro atoms. The van der Waals surface area contributed by atoms with E-state index in [4.69, 9.17) is 9.88 Å². The van der Waals surface area contributed by atoms with Crippen molar-refractivity contribution < 1.29 is 26.3 Å². The number of nitrogens with two attached hydrogens (primary N) is 1. The molecule has 4 rings (SSSR count). The van der Waals surface area contributed by atoms with E-state index in [-0.39, 0.29) is 16.3 Å². The summed E-state index contributed by atoms with van der Waals surface area (Å²) < 4.78 is 69.4. The lowest BCUT2D eigenvalue weighted by molar-refractivity contribution is -0.141. The lowest BCUT2D eigenvalue weighted by atomic mass is 10.0. The monoisotopic (exact) mass is 447 g/mol. The van der Waals surface area contributed by atoms with Crippen LogP contribution < -0.4 is 9.88 Å². The maximum Gasteiger partial charge on any atom is 0.435 e. The number of primary sulfonamides is 1. The second-order valence-corrected chi connectivity index (χ2v) is 8.35. The Hall–Kier alpha value is -3.37. The predicted molar refractivity (Wildman–Crippen MR) is 109 cm³/mol. The molecule has 0 unspecified atom stereocenters. The van der Waals surface area contributed by atoms with Crippen molar-refractivity contribution in [2.24, 2.45) is 5.14 Å². The van der Waals surface area contributed by atoms with E-state index in [1.165, 1.54) is 24.3 Å². The second-order valence-electron chi connectivity index (χ2n) is 6.79. The van der Waals surface area contributed by atoms with Crippen LogP contribution in [0.15, 0.2) is 71.6 Å². The van der Waals surface area contributed by atoms with Crippen LogP contribution in [0.3, 0.4) is 0 Å². The maximum atomic E-state index is 13.4. The van der Waals surface area contributed by atoms with Crippen LogP contribution in [0, 0.1) is 0 Å². The number of hydrogen-bond donors (Lipinski definition) is 1. The molecule has 2 N–H and O–H groups in total. The number of benzene rings is 3. The van der Waals surface area contributed by atoms with E-state index in [9.17, 15) is 21.6 Å². The third-order valence-corrected chi connectivity index (χ3v) is 5.68. The summed E-state index contributed by atoms with van der Waals surface area (Å²) in [7, 11) is -2.38. The first-order chi connectivity index (χ1) is 14.6. The van der Waals surface area contributed by atoms with Gasteiger partial charge in [0, 0.05) is 5.56 Å². The van der Waals surface area contributed by atoms with E-state index in [1.54, 1.807) is 31.4 Å². The molecule has 31 heavy (non-hydrogen) atoms. The minimum Gasteiger partial charge on any atom is -0.497 e. The van der Waals surface area contributed by atoms with Crippen LogP contribution in [-0.4, -0.2) is 25.3 Å². The standard InChI is InChI=1S/C21H16F3N3O3S/c1-30-17-7-4-13-10-15(3-2-14(13)11-17)19-12-20(21(22,23)24)26-27(19)16-5-8-18(9-6-16)31(25,28)29/h2-12H,1H3,(H2,25,28,29). The van der Waals surface area contributed by atoms with Crippen molar-refractivity contribution in [1.82, 2.24) is 9.78 Å². The highest BCUT2D eigenvalue weighted by atomic mass is 32.2. The van der Waals surface area contributed by atoms with Gasteiger partial charge in [-0.3, -0.25) is 0 Å². The smallest absolute Gasteiger partial charge is 0.435 e. The molecule has 0 amide bonds. The lowest BCUT2D eigenvalue weighted by Crippen LogP contribution is -2.12. The molecule has 0 aliphatic rings. The molecule has 0 saturated carbocycles. The number of halogens is 3. The third kappa shape index (κ3) is 4.12. The Morgan fingerprint density at radius 1 is 0.935 bits per heavy atom. The summed E-state index contributed by atoms with van der Waals surface area (Å²) in [6.45, 7) is 0. The first-order valence-corrected chi connectivity index (χ1v) is 10.5. The Kier molecular flexibility index (Phi) is 4.98. The van der Waals surface area contributed by atoms with Crippen molar-refractivity contribution in [1.29, 1.82) is 0 Å². The number of methoxy groups -OCH3 is 1. The van der Waals surface area contributed by atoms with Gasteiger partial charge in [-0.1, -0.05) is 18.2 Å². The Morgan fingerprint density at radius 2 is 1.58 bits per heavy atom. The minimum absolute atomic E-state index is 0.152. The lowest BCUT2D eigenvalue weighted by Gasteiger charge is -2.10. The van der Waals surface area contributed by atoms with Crippen LogP contribution >= 0.6 is 0 Å². The van der Waals surface area contributed by atoms with Gasteiger partial charge in [0.25, 0.3) is 0 Å². The van der Waals surface area contributed by atoms with E-state index >= 15 is 0 Å². The van der Waals surface area contributed by atoms with Gasteiger partial charge in [-0.05, 0) is 59.3 Å². The molecular weight excluding hydrogens is 431 g/mol. The molecule has 0 radical (unpaired) electrons. The van der Waals surface area contributed by atoms with E-state index < -0.39 is 21.9 Å². The third-order valence-electron chi connectivity index (χ3n) is 4.75. The number of alkyl halides is 3. The molecule has 0 aliphatic carbocycles. The molecule has 6 nitrogen and oxygen atoms in total.